The zero-order valence-electron chi connectivity index (χ0n) is 16.4. The van der Waals surface area contributed by atoms with Crippen molar-refractivity contribution in [2.45, 2.75) is 19.4 Å². The van der Waals surface area contributed by atoms with Crippen LogP contribution in [0.2, 0.25) is 0 Å². The number of anilines is 2. The van der Waals surface area contributed by atoms with Crippen molar-refractivity contribution in [3.63, 3.8) is 0 Å². The molecule has 1 amide bonds. The summed E-state index contributed by atoms with van der Waals surface area (Å²) >= 11 is 2.89. The van der Waals surface area contributed by atoms with Crippen LogP contribution in [0.25, 0.3) is 20.9 Å². The van der Waals surface area contributed by atoms with Crippen molar-refractivity contribution in [1.29, 1.82) is 0 Å². The first-order chi connectivity index (χ1) is 15.1. The third-order valence-electron chi connectivity index (χ3n) is 5.05. The quantitative estimate of drug-likeness (QED) is 0.493. The van der Waals surface area contributed by atoms with E-state index in [1.165, 1.54) is 45.4 Å². The van der Waals surface area contributed by atoms with Crippen LogP contribution in [-0.4, -0.2) is 33.5 Å². The summed E-state index contributed by atoms with van der Waals surface area (Å²) in [7, 11) is 0. The highest BCUT2D eigenvalue weighted by atomic mass is 32.1. The fourth-order valence-electron chi connectivity index (χ4n) is 3.61. The molecule has 1 aliphatic rings. The molecule has 1 aliphatic heterocycles. The van der Waals surface area contributed by atoms with E-state index in [0.29, 0.717) is 21.7 Å². The maximum atomic E-state index is 13.4. The number of aromatic nitrogens is 3. The van der Waals surface area contributed by atoms with E-state index in [0.717, 1.165) is 35.9 Å². The standard InChI is InChI=1S/C21H18FN5O2S2/c22-13-5-3-6-14(11-13)23-16(28)12-27-19-18(25-21(31-19)26-8-1-2-9-26)17(24-20(27)29)15-7-4-10-30-15/h3-7,10-11H,1-2,8-9,12H2,(H,23,28). The molecule has 0 bridgehead atoms. The summed E-state index contributed by atoms with van der Waals surface area (Å²) in [5, 5.41) is 5.39. The first-order valence-electron chi connectivity index (χ1n) is 9.84. The van der Waals surface area contributed by atoms with Crippen LogP contribution >= 0.6 is 22.7 Å². The van der Waals surface area contributed by atoms with Gasteiger partial charge in [-0.25, -0.2) is 14.2 Å². The lowest BCUT2D eigenvalue weighted by Gasteiger charge is -2.11. The van der Waals surface area contributed by atoms with Gasteiger partial charge in [0.05, 0.1) is 4.88 Å². The van der Waals surface area contributed by atoms with E-state index in [1.807, 2.05) is 17.5 Å². The minimum absolute atomic E-state index is 0.231. The Morgan fingerprint density at radius 1 is 1.16 bits per heavy atom. The maximum absolute atomic E-state index is 13.4. The van der Waals surface area contributed by atoms with Gasteiger partial charge >= 0.3 is 5.69 Å². The average Bonchev–Trinajstić information content (AvgIpc) is 3.51. The zero-order chi connectivity index (χ0) is 21.4. The van der Waals surface area contributed by atoms with Crippen LogP contribution in [0.5, 0.6) is 0 Å². The number of thiazole rings is 1. The van der Waals surface area contributed by atoms with Gasteiger partial charge in [0.25, 0.3) is 0 Å². The van der Waals surface area contributed by atoms with Gasteiger partial charge in [-0.2, -0.15) is 4.98 Å². The predicted molar refractivity (Wildman–Crippen MR) is 121 cm³/mol. The van der Waals surface area contributed by atoms with E-state index in [2.05, 4.69) is 15.2 Å². The lowest BCUT2D eigenvalue weighted by Crippen LogP contribution is -2.29. The van der Waals surface area contributed by atoms with E-state index in [9.17, 15) is 14.0 Å². The smallest absolute Gasteiger partial charge is 0.348 e. The number of amides is 1. The number of fused-ring (bicyclic) bond motifs is 1. The molecule has 1 N–H and O–H groups in total. The summed E-state index contributed by atoms with van der Waals surface area (Å²) in [5.41, 5.74) is 0.979. The number of rotatable bonds is 5. The molecule has 4 aromatic rings. The molecular weight excluding hydrogens is 437 g/mol. The molecule has 0 unspecified atom stereocenters. The summed E-state index contributed by atoms with van der Waals surface area (Å²) in [6.07, 6.45) is 2.21. The Morgan fingerprint density at radius 3 is 2.74 bits per heavy atom. The number of nitrogens with one attached hydrogen (secondary N) is 1. The van der Waals surface area contributed by atoms with Gasteiger partial charge in [-0.1, -0.05) is 23.5 Å². The molecule has 10 heteroatoms. The van der Waals surface area contributed by atoms with E-state index in [4.69, 9.17) is 4.98 Å². The minimum Gasteiger partial charge on any atom is -0.348 e. The molecule has 0 radical (unpaired) electrons. The van der Waals surface area contributed by atoms with Crippen molar-refractivity contribution < 1.29 is 9.18 Å². The highest BCUT2D eigenvalue weighted by molar-refractivity contribution is 7.22. The molecule has 0 saturated carbocycles. The largest absolute Gasteiger partial charge is 0.349 e. The Balaban J connectivity index is 1.55. The van der Waals surface area contributed by atoms with Crippen molar-refractivity contribution in [1.82, 2.24) is 14.5 Å². The predicted octanol–water partition coefficient (Wildman–Crippen LogP) is 3.96. The second-order valence-electron chi connectivity index (χ2n) is 7.21. The van der Waals surface area contributed by atoms with Crippen molar-refractivity contribution in [3.8, 4) is 10.6 Å². The Kier molecular flexibility index (Phi) is 5.24. The van der Waals surface area contributed by atoms with Crippen molar-refractivity contribution >= 4 is 49.7 Å². The topological polar surface area (TPSA) is 80.1 Å². The fourth-order valence-corrected chi connectivity index (χ4v) is 5.44. The zero-order valence-corrected chi connectivity index (χ0v) is 18.0. The molecule has 1 aromatic carbocycles. The molecular formula is C21H18FN5O2S2. The summed E-state index contributed by atoms with van der Waals surface area (Å²) in [6.45, 7) is 1.61. The molecule has 1 saturated heterocycles. The molecule has 5 rings (SSSR count). The summed E-state index contributed by atoms with van der Waals surface area (Å²) in [6, 6.07) is 9.44. The number of thiophene rings is 1. The van der Waals surface area contributed by atoms with Crippen LogP contribution < -0.4 is 15.9 Å². The van der Waals surface area contributed by atoms with Crippen molar-refractivity contribution in [2.24, 2.45) is 0 Å². The fraction of sp³-hybridized carbons (Fsp3) is 0.238. The Bertz CT molecular complexity index is 1310. The molecule has 4 heterocycles. The van der Waals surface area contributed by atoms with Gasteiger partial charge < -0.3 is 10.2 Å². The third-order valence-corrected chi connectivity index (χ3v) is 7.06. The molecule has 31 heavy (non-hydrogen) atoms. The van der Waals surface area contributed by atoms with E-state index >= 15 is 0 Å². The van der Waals surface area contributed by atoms with Gasteiger partial charge in [-0.3, -0.25) is 9.36 Å². The maximum Gasteiger partial charge on any atom is 0.349 e. The molecule has 158 valence electrons. The van der Waals surface area contributed by atoms with Crippen molar-refractivity contribution in [3.05, 3.63) is 58.1 Å². The minimum atomic E-state index is -0.512. The van der Waals surface area contributed by atoms with Gasteiger partial charge in [0, 0.05) is 18.8 Å². The SMILES string of the molecule is O=C(Cn1c(=O)nc(-c2cccs2)c2nc(N3CCCC3)sc21)Nc1cccc(F)c1. The van der Waals surface area contributed by atoms with Crippen LogP contribution in [0.15, 0.2) is 46.6 Å². The Morgan fingerprint density at radius 2 is 2.00 bits per heavy atom. The molecule has 1 fully saturated rings. The highest BCUT2D eigenvalue weighted by Crippen LogP contribution is 2.35. The van der Waals surface area contributed by atoms with Crippen LogP contribution in [-0.2, 0) is 11.3 Å². The first-order valence-corrected chi connectivity index (χ1v) is 11.5. The normalized spacial score (nSPS) is 13.8. The van der Waals surface area contributed by atoms with Crippen LogP contribution in [0.1, 0.15) is 12.8 Å². The van der Waals surface area contributed by atoms with Crippen LogP contribution in [0.3, 0.4) is 0 Å². The monoisotopic (exact) mass is 455 g/mol. The number of nitrogens with zero attached hydrogens (tertiary/aromatic N) is 4. The molecule has 0 atom stereocenters. The number of carbonyl (C=O) groups excluding carboxylic acids is 1. The van der Waals surface area contributed by atoms with Gasteiger partial charge in [0.15, 0.2) is 5.13 Å². The number of hydrogen-bond donors (Lipinski definition) is 1. The Labute approximate surface area is 184 Å². The van der Waals surface area contributed by atoms with Gasteiger partial charge in [-0.05, 0) is 42.5 Å². The van der Waals surface area contributed by atoms with E-state index < -0.39 is 17.4 Å². The van der Waals surface area contributed by atoms with E-state index in [-0.39, 0.29) is 6.54 Å². The Hall–Kier alpha value is -3.11. The van der Waals surface area contributed by atoms with Gasteiger partial charge in [0.2, 0.25) is 5.91 Å². The lowest BCUT2D eigenvalue weighted by molar-refractivity contribution is -0.116. The average molecular weight is 456 g/mol. The number of carbonyl (C=O) groups is 1. The lowest BCUT2D eigenvalue weighted by atomic mass is 10.3. The van der Waals surface area contributed by atoms with Gasteiger partial charge in [0.1, 0.15) is 28.4 Å². The summed E-state index contributed by atoms with van der Waals surface area (Å²) < 4.78 is 14.8. The van der Waals surface area contributed by atoms with Crippen LogP contribution in [0.4, 0.5) is 15.2 Å². The summed E-state index contributed by atoms with van der Waals surface area (Å²) in [4.78, 5) is 38.3. The van der Waals surface area contributed by atoms with Crippen molar-refractivity contribution in [2.75, 3.05) is 23.3 Å². The first kappa shape index (κ1) is 19.8. The third kappa shape index (κ3) is 3.96. The molecule has 0 spiro atoms. The number of benzene rings is 1. The van der Waals surface area contributed by atoms with E-state index in [1.54, 1.807) is 6.07 Å². The second kappa shape index (κ2) is 8.20. The molecule has 0 aliphatic carbocycles. The molecule has 7 nitrogen and oxygen atoms in total. The second-order valence-corrected chi connectivity index (χ2v) is 9.11. The highest BCUT2D eigenvalue weighted by Gasteiger charge is 2.23. The number of hydrogen-bond acceptors (Lipinski definition) is 7. The number of halogens is 1. The summed E-state index contributed by atoms with van der Waals surface area (Å²) in [5.74, 6) is -0.882. The van der Waals surface area contributed by atoms with Crippen LogP contribution in [0, 0.1) is 5.82 Å². The van der Waals surface area contributed by atoms with Gasteiger partial charge in [-0.15, -0.1) is 11.3 Å². The molecule has 3 aromatic heterocycles.